The van der Waals surface area contributed by atoms with Crippen LogP contribution in [0, 0.1) is 0 Å². The predicted octanol–water partition coefficient (Wildman–Crippen LogP) is 2.96. The Morgan fingerprint density at radius 2 is 2.04 bits per heavy atom. The summed E-state index contributed by atoms with van der Waals surface area (Å²) < 4.78 is 10.7. The number of guanidine groups is 1. The number of nitrogens with one attached hydrogen (secondary N) is 1. The number of hydrogen-bond donors (Lipinski definition) is 2. The first kappa shape index (κ1) is 20.0. The van der Waals surface area contributed by atoms with E-state index < -0.39 is 5.60 Å². The molecule has 3 N–H and O–H groups in total. The highest BCUT2D eigenvalue weighted by atomic mass is 16.6. The number of ether oxygens (including phenoxy) is 2. The van der Waals surface area contributed by atoms with Crippen LogP contribution < -0.4 is 11.1 Å². The highest BCUT2D eigenvalue weighted by molar-refractivity contribution is 5.93. The maximum Gasteiger partial charge on any atom is 0.410 e. The number of para-hydroxylation sites is 1. The summed E-state index contributed by atoms with van der Waals surface area (Å²) in [4.78, 5) is 18.4. The van der Waals surface area contributed by atoms with Gasteiger partial charge in [0.15, 0.2) is 5.96 Å². The smallest absolute Gasteiger partial charge is 0.410 e. The summed E-state index contributed by atoms with van der Waals surface area (Å²) in [6, 6.07) is 8.02. The number of benzene rings is 1. The highest BCUT2D eigenvalue weighted by Gasteiger charge is 2.34. The second-order valence-electron chi connectivity index (χ2n) is 7.39. The van der Waals surface area contributed by atoms with Gasteiger partial charge in [0, 0.05) is 30.9 Å². The van der Waals surface area contributed by atoms with Crippen molar-refractivity contribution < 1.29 is 14.3 Å². The molecule has 144 valence electrons. The van der Waals surface area contributed by atoms with Gasteiger partial charge in [-0.1, -0.05) is 18.2 Å². The van der Waals surface area contributed by atoms with E-state index in [2.05, 4.69) is 10.3 Å². The number of methoxy groups -OCH3 is 1. The zero-order valence-corrected chi connectivity index (χ0v) is 16.1. The zero-order valence-electron chi connectivity index (χ0n) is 16.1. The van der Waals surface area contributed by atoms with E-state index >= 15 is 0 Å². The molecule has 1 aromatic rings. The van der Waals surface area contributed by atoms with E-state index in [-0.39, 0.29) is 12.1 Å². The fraction of sp³-hybridized carbons (Fsp3) is 0.579. The minimum absolute atomic E-state index is 0.261. The number of anilines is 1. The van der Waals surface area contributed by atoms with E-state index in [4.69, 9.17) is 15.2 Å². The van der Waals surface area contributed by atoms with Crippen molar-refractivity contribution in [1.82, 2.24) is 4.90 Å². The molecule has 7 nitrogen and oxygen atoms in total. The quantitative estimate of drug-likeness (QED) is 0.575. The number of carbonyl (C=O) groups excluding carboxylic acids is 1. The van der Waals surface area contributed by atoms with Crippen LogP contribution in [0.2, 0.25) is 0 Å². The molecule has 1 aliphatic rings. The number of rotatable bonds is 7. The van der Waals surface area contributed by atoms with Crippen molar-refractivity contribution in [3.8, 4) is 0 Å². The molecule has 2 rings (SSSR count). The fourth-order valence-electron chi connectivity index (χ4n) is 2.51. The first-order chi connectivity index (χ1) is 12.3. The largest absolute Gasteiger partial charge is 0.444 e. The van der Waals surface area contributed by atoms with Gasteiger partial charge in [0.2, 0.25) is 0 Å². The van der Waals surface area contributed by atoms with Crippen LogP contribution in [0.5, 0.6) is 0 Å². The Balaban J connectivity index is 1.90. The van der Waals surface area contributed by atoms with Gasteiger partial charge in [0.05, 0.1) is 13.2 Å². The third-order valence-corrected chi connectivity index (χ3v) is 3.82. The lowest BCUT2D eigenvalue weighted by Crippen LogP contribution is -2.40. The number of hydrogen-bond acceptors (Lipinski definition) is 4. The monoisotopic (exact) mass is 362 g/mol. The van der Waals surface area contributed by atoms with Gasteiger partial charge in [-0.3, -0.25) is 4.99 Å². The van der Waals surface area contributed by atoms with Crippen LogP contribution in [0.15, 0.2) is 29.3 Å². The lowest BCUT2D eigenvalue weighted by atomic mass is 10.2. The number of nitrogens with two attached hydrogens (primary N) is 1. The summed E-state index contributed by atoms with van der Waals surface area (Å²) in [5, 5.41) is 3.09. The van der Waals surface area contributed by atoms with Crippen molar-refractivity contribution in [3.63, 3.8) is 0 Å². The van der Waals surface area contributed by atoms with Gasteiger partial charge in [-0.15, -0.1) is 0 Å². The Morgan fingerprint density at radius 1 is 1.35 bits per heavy atom. The second kappa shape index (κ2) is 8.89. The number of amides is 1. The molecule has 0 spiro atoms. The van der Waals surface area contributed by atoms with E-state index in [1.54, 1.807) is 12.0 Å². The number of carbonyl (C=O) groups is 1. The molecular weight excluding hydrogens is 332 g/mol. The van der Waals surface area contributed by atoms with Crippen molar-refractivity contribution in [2.75, 3.05) is 25.5 Å². The average molecular weight is 362 g/mol. The minimum atomic E-state index is -0.501. The summed E-state index contributed by atoms with van der Waals surface area (Å²) in [7, 11) is 1.65. The van der Waals surface area contributed by atoms with E-state index in [9.17, 15) is 4.79 Å². The molecule has 1 aromatic carbocycles. The molecule has 7 heteroatoms. The molecule has 0 radical (unpaired) electrons. The molecule has 0 aliphatic heterocycles. The summed E-state index contributed by atoms with van der Waals surface area (Å²) in [5.41, 5.74) is 7.35. The normalized spacial score (nSPS) is 14.8. The van der Waals surface area contributed by atoms with E-state index in [1.807, 2.05) is 45.0 Å². The van der Waals surface area contributed by atoms with Crippen molar-refractivity contribution in [3.05, 3.63) is 29.8 Å². The predicted molar refractivity (Wildman–Crippen MR) is 103 cm³/mol. The third-order valence-electron chi connectivity index (χ3n) is 3.82. The molecule has 0 saturated heterocycles. The molecule has 26 heavy (non-hydrogen) atoms. The second-order valence-corrected chi connectivity index (χ2v) is 7.39. The molecule has 1 saturated carbocycles. The molecule has 1 aliphatic carbocycles. The summed E-state index contributed by atoms with van der Waals surface area (Å²) in [6.45, 7) is 7.00. The molecule has 0 atom stereocenters. The highest BCUT2D eigenvalue weighted by Crippen LogP contribution is 2.28. The molecule has 1 amide bonds. The molecule has 1 fully saturated rings. The maximum absolute atomic E-state index is 12.3. The molecular formula is C19H30N4O3. The van der Waals surface area contributed by atoms with Gasteiger partial charge in [0.25, 0.3) is 0 Å². The summed E-state index contributed by atoms with van der Waals surface area (Å²) >= 11 is 0. The fourth-order valence-corrected chi connectivity index (χ4v) is 2.51. The standard InChI is InChI=1S/C19H30N4O3/c1-19(2,3)26-18(24)23(15-9-10-15)12-11-21-17(20)22-16-8-6-5-7-14(16)13-25-4/h5-8,15H,9-13H2,1-4H3,(H3,20,21,22). The van der Waals surface area contributed by atoms with Gasteiger partial charge in [0.1, 0.15) is 5.60 Å². The lowest BCUT2D eigenvalue weighted by molar-refractivity contribution is 0.0240. The number of aliphatic imine (C=N–C) groups is 1. The van der Waals surface area contributed by atoms with Crippen LogP contribution in [0.4, 0.5) is 10.5 Å². The number of nitrogens with zero attached hydrogens (tertiary/aromatic N) is 2. The van der Waals surface area contributed by atoms with Crippen molar-refractivity contribution in [2.45, 2.75) is 51.9 Å². The topological polar surface area (TPSA) is 89.2 Å². The summed E-state index contributed by atoms with van der Waals surface area (Å²) in [6.07, 6.45) is 1.74. The van der Waals surface area contributed by atoms with Gasteiger partial charge >= 0.3 is 6.09 Å². The lowest BCUT2D eigenvalue weighted by Gasteiger charge is -2.27. The van der Waals surface area contributed by atoms with E-state index in [0.717, 1.165) is 24.1 Å². The first-order valence-corrected chi connectivity index (χ1v) is 8.93. The zero-order chi connectivity index (χ0) is 19.2. The molecule has 0 heterocycles. The maximum atomic E-state index is 12.3. The Hall–Kier alpha value is -2.28. The van der Waals surface area contributed by atoms with E-state index in [1.165, 1.54) is 0 Å². The Bertz CT molecular complexity index is 636. The van der Waals surface area contributed by atoms with Gasteiger partial charge in [-0.25, -0.2) is 4.79 Å². The average Bonchev–Trinajstić information content (AvgIpc) is 3.36. The van der Waals surface area contributed by atoms with Crippen molar-refractivity contribution >= 4 is 17.7 Å². The van der Waals surface area contributed by atoms with Gasteiger partial charge in [-0.05, 0) is 39.7 Å². The molecule has 0 bridgehead atoms. The van der Waals surface area contributed by atoms with Crippen molar-refractivity contribution in [1.29, 1.82) is 0 Å². The van der Waals surface area contributed by atoms with E-state index in [0.29, 0.717) is 25.7 Å². The third kappa shape index (κ3) is 6.55. The van der Waals surface area contributed by atoms with Crippen LogP contribution in [0.25, 0.3) is 0 Å². The van der Waals surface area contributed by atoms with Crippen LogP contribution in [0.3, 0.4) is 0 Å². The van der Waals surface area contributed by atoms with Gasteiger partial charge < -0.3 is 25.4 Å². The molecule has 0 aromatic heterocycles. The van der Waals surface area contributed by atoms with Gasteiger partial charge in [-0.2, -0.15) is 0 Å². The molecule has 0 unspecified atom stereocenters. The van der Waals surface area contributed by atoms with Crippen LogP contribution in [-0.2, 0) is 16.1 Å². The minimum Gasteiger partial charge on any atom is -0.444 e. The SMILES string of the molecule is COCc1ccccc1NC(N)=NCCN(C(=O)OC(C)(C)C)C1CC1. The first-order valence-electron chi connectivity index (χ1n) is 8.93. The van der Waals surface area contributed by atoms with Crippen LogP contribution in [-0.4, -0.2) is 48.8 Å². The Kier molecular flexibility index (Phi) is 6.85. The van der Waals surface area contributed by atoms with Crippen LogP contribution >= 0.6 is 0 Å². The Labute approximate surface area is 155 Å². The van der Waals surface area contributed by atoms with Crippen molar-refractivity contribution in [2.24, 2.45) is 10.7 Å². The summed E-state index contributed by atoms with van der Waals surface area (Å²) in [5.74, 6) is 0.313. The van der Waals surface area contributed by atoms with Crippen LogP contribution in [0.1, 0.15) is 39.2 Å². The Morgan fingerprint density at radius 3 is 2.65 bits per heavy atom.